The lowest BCUT2D eigenvalue weighted by Gasteiger charge is -2.22. The lowest BCUT2D eigenvalue weighted by atomic mass is 10.2. The number of benzene rings is 3. The SMILES string of the molecule is CCN(C(=O)CSc1nnc2n(-c3cccc(OC)c3)c(=O)c3ccccc3n12)c1ccccc1C. The number of hydrogen-bond acceptors (Lipinski definition) is 6. The zero-order chi connectivity index (χ0) is 25.2. The number of carbonyl (C=O) groups excluding carboxylic acids is 1. The van der Waals surface area contributed by atoms with Gasteiger partial charge in [0.05, 0.1) is 29.5 Å². The fourth-order valence-electron chi connectivity index (χ4n) is 4.31. The predicted molar refractivity (Wildman–Crippen MR) is 143 cm³/mol. The van der Waals surface area contributed by atoms with E-state index in [1.165, 1.54) is 16.3 Å². The van der Waals surface area contributed by atoms with Gasteiger partial charge in [-0.05, 0) is 49.7 Å². The van der Waals surface area contributed by atoms with E-state index in [4.69, 9.17) is 4.74 Å². The third kappa shape index (κ3) is 4.11. The predicted octanol–water partition coefficient (Wildman–Crippen LogP) is 4.50. The first-order valence-corrected chi connectivity index (χ1v) is 12.5. The molecule has 0 aliphatic carbocycles. The van der Waals surface area contributed by atoms with E-state index >= 15 is 0 Å². The van der Waals surface area contributed by atoms with Crippen molar-refractivity contribution in [2.45, 2.75) is 19.0 Å². The Balaban J connectivity index is 1.58. The van der Waals surface area contributed by atoms with Gasteiger partial charge in [-0.3, -0.25) is 14.0 Å². The van der Waals surface area contributed by atoms with Crippen LogP contribution in [0.3, 0.4) is 0 Å². The summed E-state index contributed by atoms with van der Waals surface area (Å²) >= 11 is 1.30. The molecule has 5 rings (SSSR count). The molecule has 0 radical (unpaired) electrons. The molecule has 9 heteroatoms. The molecule has 0 aliphatic heterocycles. The zero-order valence-corrected chi connectivity index (χ0v) is 21.0. The number of rotatable bonds is 7. The number of thioether (sulfide) groups is 1. The molecule has 3 aromatic carbocycles. The first-order chi connectivity index (χ1) is 17.5. The molecular weight excluding hydrogens is 474 g/mol. The highest BCUT2D eigenvalue weighted by atomic mass is 32.2. The summed E-state index contributed by atoms with van der Waals surface area (Å²) < 4.78 is 8.71. The van der Waals surface area contributed by atoms with E-state index in [-0.39, 0.29) is 17.2 Å². The lowest BCUT2D eigenvalue weighted by Crippen LogP contribution is -2.32. The normalized spacial score (nSPS) is 11.2. The van der Waals surface area contributed by atoms with E-state index in [0.29, 0.717) is 39.8 Å². The van der Waals surface area contributed by atoms with Crippen LogP contribution in [-0.4, -0.2) is 44.5 Å². The van der Waals surface area contributed by atoms with Crippen LogP contribution in [0.4, 0.5) is 5.69 Å². The minimum atomic E-state index is -0.205. The van der Waals surface area contributed by atoms with Crippen molar-refractivity contribution >= 4 is 40.0 Å². The molecule has 0 aliphatic rings. The minimum Gasteiger partial charge on any atom is -0.497 e. The number of nitrogens with zero attached hydrogens (tertiary/aromatic N) is 5. The summed E-state index contributed by atoms with van der Waals surface area (Å²) in [4.78, 5) is 28.5. The number of aryl methyl sites for hydroxylation is 1. The number of amides is 1. The Labute approximate surface area is 212 Å². The van der Waals surface area contributed by atoms with Gasteiger partial charge in [0.25, 0.3) is 5.56 Å². The average molecular weight is 500 g/mol. The number of hydrogen-bond donors (Lipinski definition) is 0. The van der Waals surface area contributed by atoms with Gasteiger partial charge in [0, 0.05) is 18.3 Å². The summed E-state index contributed by atoms with van der Waals surface area (Å²) in [5.41, 5.74) is 3.03. The molecule has 0 fully saturated rings. The highest BCUT2D eigenvalue weighted by Crippen LogP contribution is 2.26. The fourth-order valence-corrected chi connectivity index (χ4v) is 5.12. The molecular formula is C27H25N5O3S. The Morgan fingerprint density at radius 3 is 2.58 bits per heavy atom. The average Bonchev–Trinajstić information content (AvgIpc) is 3.33. The number of methoxy groups -OCH3 is 1. The number of anilines is 1. The van der Waals surface area contributed by atoms with E-state index in [1.807, 2.05) is 78.9 Å². The number of para-hydroxylation sites is 2. The van der Waals surface area contributed by atoms with Gasteiger partial charge < -0.3 is 9.64 Å². The van der Waals surface area contributed by atoms with Gasteiger partial charge >= 0.3 is 0 Å². The Hall–Kier alpha value is -4.11. The maximum Gasteiger partial charge on any atom is 0.267 e. The molecule has 2 aromatic heterocycles. The minimum absolute atomic E-state index is 0.0287. The van der Waals surface area contributed by atoms with Gasteiger partial charge in [-0.2, -0.15) is 0 Å². The molecule has 2 heterocycles. The van der Waals surface area contributed by atoms with Gasteiger partial charge in [-0.25, -0.2) is 4.57 Å². The van der Waals surface area contributed by atoms with Crippen molar-refractivity contribution in [3.63, 3.8) is 0 Å². The molecule has 5 aromatic rings. The van der Waals surface area contributed by atoms with Crippen LogP contribution in [0.1, 0.15) is 12.5 Å². The smallest absolute Gasteiger partial charge is 0.267 e. The Morgan fingerprint density at radius 1 is 1.03 bits per heavy atom. The number of aromatic nitrogens is 4. The van der Waals surface area contributed by atoms with Gasteiger partial charge in [0.2, 0.25) is 11.7 Å². The van der Waals surface area contributed by atoms with Crippen LogP contribution in [0.25, 0.3) is 22.4 Å². The third-order valence-corrected chi connectivity index (χ3v) is 6.97. The molecule has 36 heavy (non-hydrogen) atoms. The summed E-state index contributed by atoms with van der Waals surface area (Å²) in [6, 6.07) is 22.4. The maximum atomic E-state index is 13.5. The molecule has 0 saturated heterocycles. The maximum absolute atomic E-state index is 13.5. The molecule has 0 atom stereocenters. The molecule has 8 nitrogen and oxygen atoms in total. The van der Waals surface area contributed by atoms with Crippen molar-refractivity contribution in [3.8, 4) is 11.4 Å². The molecule has 0 spiro atoms. The summed E-state index contributed by atoms with van der Waals surface area (Å²) in [6.07, 6.45) is 0. The van der Waals surface area contributed by atoms with Gasteiger partial charge in [0.1, 0.15) is 5.75 Å². The Kier molecular flexibility index (Phi) is 6.47. The van der Waals surface area contributed by atoms with Gasteiger partial charge in [-0.1, -0.05) is 48.2 Å². The van der Waals surface area contributed by atoms with E-state index in [1.54, 1.807) is 24.1 Å². The third-order valence-electron chi connectivity index (χ3n) is 6.05. The van der Waals surface area contributed by atoms with Crippen LogP contribution >= 0.6 is 11.8 Å². The van der Waals surface area contributed by atoms with Crippen LogP contribution in [0, 0.1) is 6.92 Å². The highest BCUT2D eigenvalue weighted by molar-refractivity contribution is 7.99. The first-order valence-electron chi connectivity index (χ1n) is 11.6. The van der Waals surface area contributed by atoms with E-state index in [9.17, 15) is 9.59 Å². The standard InChI is InChI=1S/C27H25N5O3S/c1-4-30(22-14-7-5-10-18(22)2)24(33)17-36-27-29-28-26-31(19-11-9-12-20(16-19)35-3)25(34)21-13-6-8-15-23(21)32(26)27/h5-16H,4,17H2,1-3H3. The van der Waals surface area contributed by atoms with Crippen molar-refractivity contribution < 1.29 is 9.53 Å². The monoisotopic (exact) mass is 499 g/mol. The summed E-state index contributed by atoms with van der Waals surface area (Å²) in [6.45, 7) is 4.51. The van der Waals surface area contributed by atoms with E-state index in [2.05, 4.69) is 10.2 Å². The Morgan fingerprint density at radius 2 is 1.81 bits per heavy atom. The highest BCUT2D eigenvalue weighted by Gasteiger charge is 2.21. The van der Waals surface area contributed by atoms with Crippen LogP contribution in [0.5, 0.6) is 5.75 Å². The largest absolute Gasteiger partial charge is 0.497 e. The van der Waals surface area contributed by atoms with Crippen molar-refractivity contribution in [3.05, 3.63) is 88.7 Å². The fraction of sp³-hybridized carbons (Fsp3) is 0.185. The van der Waals surface area contributed by atoms with Crippen LogP contribution in [0.2, 0.25) is 0 Å². The molecule has 182 valence electrons. The van der Waals surface area contributed by atoms with Gasteiger partial charge in [-0.15, -0.1) is 10.2 Å². The molecule has 0 N–H and O–H groups in total. The van der Waals surface area contributed by atoms with Crippen LogP contribution in [-0.2, 0) is 4.79 Å². The Bertz CT molecular complexity index is 1640. The number of ether oxygens (including phenoxy) is 1. The quantitative estimate of drug-likeness (QED) is 0.307. The first kappa shape index (κ1) is 23.6. The zero-order valence-electron chi connectivity index (χ0n) is 20.2. The molecule has 1 amide bonds. The van der Waals surface area contributed by atoms with Crippen LogP contribution < -0.4 is 15.2 Å². The summed E-state index contributed by atoms with van der Waals surface area (Å²) in [5, 5.41) is 9.80. The van der Waals surface area contributed by atoms with Crippen molar-refractivity contribution in [1.82, 2.24) is 19.2 Å². The number of carbonyl (C=O) groups is 1. The van der Waals surface area contributed by atoms with Crippen molar-refractivity contribution in [1.29, 1.82) is 0 Å². The van der Waals surface area contributed by atoms with Crippen molar-refractivity contribution in [2.24, 2.45) is 0 Å². The lowest BCUT2D eigenvalue weighted by molar-refractivity contribution is -0.116. The van der Waals surface area contributed by atoms with E-state index < -0.39 is 0 Å². The summed E-state index contributed by atoms with van der Waals surface area (Å²) in [5.74, 6) is 1.14. The second-order valence-corrected chi connectivity index (χ2v) is 9.13. The van der Waals surface area contributed by atoms with Gasteiger partial charge in [0.15, 0.2) is 5.16 Å². The van der Waals surface area contributed by atoms with E-state index in [0.717, 1.165) is 11.3 Å². The summed E-state index contributed by atoms with van der Waals surface area (Å²) in [7, 11) is 1.58. The second-order valence-electron chi connectivity index (χ2n) is 8.19. The molecule has 0 bridgehead atoms. The van der Waals surface area contributed by atoms with Crippen molar-refractivity contribution in [2.75, 3.05) is 24.3 Å². The number of fused-ring (bicyclic) bond motifs is 3. The topological polar surface area (TPSA) is 81.7 Å². The molecule has 0 unspecified atom stereocenters. The second kappa shape index (κ2) is 9.87. The molecule has 0 saturated carbocycles. The van der Waals surface area contributed by atoms with Crippen LogP contribution in [0.15, 0.2) is 82.7 Å².